The molecule has 0 saturated heterocycles. The molecule has 0 aliphatic rings. The van der Waals surface area contributed by atoms with Crippen molar-refractivity contribution in [3.63, 3.8) is 0 Å². The molecule has 0 aliphatic carbocycles. The van der Waals surface area contributed by atoms with Crippen molar-refractivity contribution in [2.45, 2.75) is 39.5 Å². The van der Waals surface area contributed by atoms with Crippen LogP contribution in [0.25, 0.3) is 0 Å². The molecule has 2 aromatic rings. The van der Waals surface area contributed by atoms with Gasteiger partial charge in [0.05, 0.1) is 26.5 Å². The predicted octanol–water partition coefficient (Wildman–Crippen LogP) is 5.00. The first kappa shape index (κ1) is 20.6. The fourth-order valence-electron chi connectivity index (χ4n) is 3.01. The SMILES string of the molecule is COc1ccc(OC)c(NCC(=O)Nc2c(C(C)C)cccc2C(C)C)c1. The van der Waals surface area contributed by atoms with Gasteiger partial charge in [-0.3, -0.25) is 4.79 Å². The summed E-state index contributed by atoms with van der Waals surface area (Å²) in [5.74, 6) is 1.91. The van der Waals surface area contributed by atoms with Crippen LogP contribution in [0, 0.1) is 0 Å². The Kier molecular flexibility index (Phi) is 7.11. The maximum atomic E-state index is 12.6. The Hall–Kier alpha value is -2.69. The summed E-state index contributed by atoms with van der Waals surface area (Å²) in [6.07, 6.45) is 0. The average Bonchev–Trinajstić information content (AvgIpc) is 2.65. The van der Waals surface area contributed by atoms with Gasteiger partial charge in [0.2, 0.25) is 5.91 Å². The number of methoxy groups -OCH3 is 2. The minimum atomic E-state index is -0.102. The normalized spacial score (nSPS) is 10.8. The Bertz CT molecular complexity index is 759. The van der Waals surface area contributed by atoms with Gasteiger partial charge in [-0.25, -0.2) is 0 Å². The highest BCUT2D eigenvalue weighted by atomic mass is 16.5. The number of para-hydroxylation sites is 1. The largest absolute Gasteiger partial charge is 0.497 e. The molecule has 0 saturated carbocycles. The van der Waals surface area contributed by atoms with E-state index in [0.717, 1.165) is 16.8 Å². The molecule has 0 bridgehead atoms. The minimum Gasteiger partial charge on any atom is -0.497 e. The summed E-state index contributed by atoms with van der Waals surface area (Å²) < 4.78 is 10.6. The van der Waals surface area contributed by atoms with Crippen molar-refractivity contribution in [3.8, 4) is 11.5 Å². The van der Waals surface area contributed by atoms with E-state index in [1.807, 2.05) is 18.2 Å². The van der Waals surface area contributed by atoms with Gasteiger partial charge < -0.3 is 20.1 Å². The zero-order valence-electron chi connectivity index (χ0n) is 17.1. The molecule has 0 aliphatic heterocycles. The second-order valence-corrected chi connectivity index (χ2v) is 7.09. The summed E-state index contributed by atoms with van der Waals surface area (Å²) >= 11 is 0. The lowest BCUT2D eigenvalue weighted by atomic mass is 9.92. The van der Waals surface area contributed by atoms with Crippen molar-refractivity contribution in [2.24, 2.45) is 0 Å². The van der Waals surface area contributed by atoms with E-state index in [4.69, 9.17) is 9.47 Å². The monoisotopic (exact) mass is 370 g/mol. The van der Waals surface area contributed by atoms with E-state index < -0.39 is 0 Å². The summed E-state index contributed by atoms with van der Waals surface area (Å²) in [5, 5.41) is 6.24. The number of carbonyl (C=O) groups is 1. The maximum absolute atomic E-state index is 12.6. The van der Waals surface area contributed by atoms with Crippen molar-refractivity contribution in [1.29, 1.82) is 0 Å². The van der Waals surface area contributed by atoms with Crippen LogP contribution >= 0.6 is 0 Å². The molecule has 0 heterocycles. The van der Waals surface area contributed by atoms with Gasteiger partial charge in [-0.05, 0) is 35.1 Å². The number of rotatable bonds is 8. The van der Waals surface area contributed by atoms with Crippen LogP contribution in [-0.2, 0) is 4.79 Å². The Balaban J connectivity index is 2.17. The Morgan fingerprint density at radius 2 is 1.59 bits per heavy atom. The molecule has 1 amide bonds. The van der Waals surface area contributed by atoms with E-state index in [1.165, 1.54) is 0 Å². The molecule has 0 radical (unpaired) electrons. The lowest BCUT2D eigenvalue weighted by Crippen LogP contribution is -2.23. The number of hydrogen-bond donors (Lipinski definition) is 2. The lowest BCUT2D eigenvalue weighted by Gasteiger charge is -2.20. The third-order valence-electron chi connectivity index (χ3n) is 4.48. The molecule has 0 unspecified atom stereocenters. The topological polar surface area (TPSA) is 59.6 Å². The highest BCUT2D eigenvalue weighted by molar-refractivity contribution is 5.95. The standard InChI is InChI=1S/C22H30N2O3/c1-14(2)17-8-7-9-18(15(3)4)22(17)24-21(25)13-23-19-12-16(26-5)10-11-20(19)27-6/h7-12,14-15,23H,13H2,1-6H3,(H,24,25). The van der Waals surface area contributed by atoms with Gasteiger partial charge in [0.15, 0.2) is 0 Å². The summed E-state index contributed by atoms with van der Waals surface area (Å²) in [6, 6.07) is 11.6. The van der Waals surface area contributed by atoms with Gasteiger partial charge >= 0.3 is 0 Å². The van der Waals surface area contributed by atoms with E-state index >= 15 is 0 Å². The van der Waals surface area contributed by atoms with Gasteiger partial charge in [-0.15, -0.1) is 0 Å². The van der Waals surface area contributed by atoms with Crippen LogP contribution in [0.3, 0.4) is 0 Å². The molecule has 2 aromatic carbocycles. The van der Waals surface area contributed by atoms with Crippen molar-refractivity contribution >= 4 is 17.3 Å². The van der Waals surface area contributed by atoms with Gasteiger partial charge in [-0.1, -0.05) is 45.9 Å². The van der Waals surface area contributed by atoms with Crippen molar-refractivity contribution in [3.05, 3.63) is 47.5 Å². The zero-order chi connectivity index (χ0) is 20.0. The molecular formula is C22H30N2O3. The molecule has 5 heteroatoms. The van der Waals surface area contributed by atoms with Crippen LogP contribution < -0.4 is 20.1 Å². The van der Waals surface area contributed by atoms with E-state index in [0.29, 0.717) is 29.0 Å². The predicted molar refractivity (Wildman–Crippen MR) is 111 cm³/mol. The van der Waals surface area contributed by atoms with Crippen molar-refractivity contribution in [1.82, 2.24) is 0 Å². The van der Waals surface area contributed by atoms with Crippen LogP contribution in [0.15, 0.2) is 36.4 Å². The van der Waals surface area contributed by atoms with Crippen molar-refractivity contribution < 1.29 is 14.3 Å². The molecule has 0 fully saturated rings. The number of benzene rings is 2. The third-order valence-corrected chi connectivity index (χ3v) is 4.48. The molecule has 0 spiro atoms. The fraction of sp³-hybridized carbons (Fsp3) is 0.409. The van der Waals surface area contributed by atoms with E-state index in [1.54, 1.807) is 14.2 Å². The van der Waals surface area contributed by atoms with E-state index in [2.05, 4.69) is 56.5 Å². The molecule has 5 nitrogen and oxygen atoms in total. The Labute approximate surface area is 162 Å². The van der Waals surface area contributed by atoms with Gasteiger partial charge in [0.25, 0.3) is 0 Å². The molecule has 2 N–H and O–H groups in total. The minimum absolute atomic E-state index is 0.102. The molecule has 27 heavy (non-hydrogen) atoms. The summed E-state index contributed by atoms with van der Waals surface area (Å²) in [5.41, 5.74) is 3.93. The highest BCUT2D eigenvalue weighted by Gasteiger charge is 2.16. The number of hydrogen-bond acceptors (Lipinski definition) is 4. The Morgan fingerprint density at radius 1 is 0.963 bits per heavy atom. The molecule has 0 aromatic heterocycles. The van der Waals surface area contributed by atoms with Gasteiger partial charge in [0, 0.05) is 11.8 Å². The quantitative estimate of drug-likeness (QED) is 0.686. The van der Waals surface area contributed by atoms with Crippen molar-refractivity contribution in [2.75, 3.05) is 31.4 Å². The average molecular weight is 370 g/mol. The van der Waals surface area contributed by atoms with Gasteiger partial charge in [-0.2, -0.15) is 0 Å². The lowest BCUT2D eigenvalue weighted by molar-refractivity contribution is -0.114. The number of ether oxygens (including phenoxy) is 2. The molecular weight excluding hydrogens is 340 g/mol. The van der Waals surface area contributed by atoms with E-state index in [-0.39, 0.29) is 12.5 Å². The maximum Gasteiger partial charge on any atom is 0.243 e. The molecule has 2 rings (SSSR count). The smallest absolute Gasteiger partial charge is 0.243 e. The molecule has 146 valence electrons. The van der Waals surface area contributed by atoms with Crippen LogP contribution in [0.4, 0.5) is 11.4 Å². The summed E-state index contributed by atoms with van der Waals surface area (Å²) in [4.78, 5) is 12.6. The zero-order valence-corrected chi connectivity index (χ0v) is 17.1. The first-order valence-electron chi connectivity index (χ1n) is 9.25. The number of amides is 1. The van der Waals surface area contributed by atoms with Crippen LogP contribution in [0.1, 0.15) is 50.7 Å². The first-order chi connectivity index (χ1) is 12.9. The summed E-state index contributed by atoms with van der Waals surface area (Å²) in [7, 11) is 3.20. The second kappa shape index (κ2) is 9.31. The third kappa shape index (κ3) is 5.16. The number of nitrogens with one attached hydrogen (secondary N) is 2. The van der Waals surface area contributed by atoms with Crippen LogP contribution in [0.5, 0.6) is 11.5 Å². The number of anilines is 2. The molecule has 0 atom stereocenters. The van der Waals surface area contributed by atoms with Crippen LogP contribution in [-0.4, -0.2) is 26.7 Å². The first-order valence-corrected chi connectivity index (χ1v) is 9.25. The summed E-state index contributed by atoms with van der Waals surface area (Å²) in [6.45, 7) is 8.67. The highest BCUT2D eigenvalue weighted by Crippen LogP contribution is 2.32. The second-order valence-electron chi connectivity index (χ2n) is 7.09. The van der Waals surface area contributed by atoms with Gasteiger partial charge in [0.1, 0.15) is 11.5 Å². The Morgan fingerprint density at radius 3 is 2.11 bits per heavy atom. The number of carbonyl (C=O) groups excluding carboxylic acids is 1. The van der Waals surface area contributed by atoms with E-state index in [9.17, 15) is 4.79 Å². The fourth-order valence-corrected chi connectivity index (χ4v) is 3.01. The van der Waals surface area contributed by atoms with Crippen LogP contribution in [0.2, 0.25) is 0 Å².